The van der Waals surface area contributed by atoms with Crippen molar-refractivity contribution in [2.24, 2.45) is 0 Å². The molecule has 0 saturated heterocycles. The fourth-order valence-corrected chi connectivity index (χ4v) is 21.9. The zero-order chi connectivity index (χ0) is 62.2. The molecule has 5 aromatic heterocycles. The molecule has 11 heteroatoms. The van der Waals surface area contributed by atoms with E-state index in [4.69, 9.17) is 24.9 Å². The van der Waals surface area contributed by atoms with Crippen molar-refractivity contribution in [3.63, 3.8) is 0 Å². The molecule has 5 heterocycles. The van der Waals surface area contributed by atoms with Crippen LogP contribution in [0.3, 0.4) is 0 Å². The molecule has 9 nitrogen and oxygen atoms in total. The maximum atomic E-state index is 5.89. The fraction of sp³-hybridized carbons (Fsp3) is 0. The summed E-state index contributed by atoms with van der Waals surface area (Å²) in [6.07, 6.45) is 0. The maximum Gasteiger partial charge on any atom is 0.242 e. The van der Waals surface area contributed by atoms with Crippen LogP contribution in [-0.4, -0.2) is 42.9 Å². The Balaban J connectivity index is 1.03. The van der Waals surface area contributed by atoms with Gasteiger partial charge in [0.1, 0.15) is 0 Å². The predicted octanol–water partition coefficient (Wildman–Crippen LogP) is 21.0. The van der Waals surface area contributed by atoms with Crippen LogP contribution in [-0.2, 0) is 0 Å². The zero-order valence-electron chi connectivity index (χ0n) is 50.8. The van der Waals surface area contributed by atoms with E-state index in [2.05, 4.69) is 352 Å². The van der Waals surface area contributed by atoms with Gasteiger partial charge in [-0.15, -0.1) is 20.1 Å². The Morgan fingerprint density at radius 1 is 0.202 bits per heavy atom. The largest absolute Gasteiger partial charge is 0.276 e. The number of para-hydroxylation sites is 8. The summed E-state index contributed by atoms with van der Waals surface area (Å²) in [6, 6.07) is 126. The molecule has 18 aromatic rings. The summed E-state index contributed by atoms with van der Waals surface area (Å²) in [5, 5.41) is 0. The van der Waals surface area contributed by atoms with Gasteiger partial charge >= 0.3 is 0 Å². The number of rotatable bonds is 13. The molecule has 0 N–H and O–H groups in total. The number of hydrogen-bond donors (Lipinski definition) is 0. The Morgan fingerprint density at radius 2 is 0.500 bits per heavy atom. The van der Waals surface area contributed by atoms with Gasteiger partial charge in [0.15, 0.2) is 5.82 Å². The van der Waals surface area contributed by atoms with Crippen molar-refractivity contribution >= 4 is 75.7 Å². The van der Waals surface area contributed by atoms with Gasteiger partial charge < -0.3 is 0 Å². The van der Waals surface area contributed by atoms with Gasteiger partial charge in [-0.3, -0.25) is 8.80 Å². The standard InChI is InChI=1S/C83H57N9S2/c1-7-29-58(30-8-1)60-33-27-43-67(53-60)93(63-35-11-3-12-36-63,64-37-13-4-14-38-64)69-55-62(56-70(57-69)94(65-39-15-5-16-40-65,66-41-17-6-18-42-66)68-44-28-34-61(54-68)59-31-9-2-10-32-59)79-86-80(91-77-51-25-23-49-75(77)89-73-47-21-19-45-71(73)84-82(89)91)88-81(87-79)92-78-52-26-24-50-76(78)90-74-48-22-20-46-72(74)85-83(90)92/h1-57H. The first kappa shape index (κ1) is 55.0. The molecule has 18 rings (SSSR count). The summed E-state index contributed by atoms with van der Waals surface area (Å²) in [5.74, 6) is 2.64. The van der Waals surface area contributed by atoms with Crippen molar-refractivity contribution in [2.45, 2.75) is 39.2 Å². The second-order valence-corrected chi connectivity index (χ2v) is 29.6. The number of fused-ring (bicyclic) bond motifs is 10. The lowest BCUT2D eigenvalue weighted by Crippen LogP contribution is -2.12. The van der Waals surface area contributed by atoms with E-state index in [9.17, 15) is 0 Å². The third-order valence-electron chi connectivity index (χ3n) is 18.0. The lowest BCUT2D eigenvalue weighted by Gasteiger charge is -2.45. The Kier molecular flexibility index (Phi) is 13.2. The molecule has 0 bridgehead atoms. The zero-order valence-corrected chi connectivity index (χ0v) is 52.4. The molecular formula is C83H57N9S2. The number of benzene rings is 13. The SMILES string of the molecule is c1ccc(-c2cccc(S(c3ccccc3)(c3ccccc3)c3cc(-c4nc(-n5c6ccccc6n6c7ccccc7nc56)nc(-n5c6ccccc6n6c7ccccc7nc56)n4)cc(S(c4ccccc4)(c4ccccc4)c4cccc(-c5ccccc5)c4)c3)c2)cc1. The summed E-state index contributed by atoms with van der Waals surface area (Å²) in [6.45, 7) is 0. The van der Waals surface area contributed by atoms with Crippen molar-refractivity contribution in [1.82, 2.24) is 42.9 Å². The number of nitrogens with zero attached hydrogens (tertiary/aromatic N) is 9. The van der Waals surface area contributed by atoms with Gasteiger partial charge in [-0.2, -0.15) is 15.0 Å². The van der Waals surface area contributed by atoms with Crippen LogP contribution in [0.15, 0.2) is 385 Å². The molecule has 0 aliphatic carbocycles. The first-order valence-corrected chi connectivity index (χ1v) is 34.7. The number of hydrogen-bond acceptors (Lipinski definition) is 5. The normalized spacial score (nSPS) is 12.4. The molecule has 0 unspecified atom stereocenters. The molecule has 0 aliphatic heterocycles. The third-order valence-corrected chi connectivity index (χ3v) is 25.8. The summed E-state index contributed by atoms with van der Waals surface area (Å²) in [7, 11) is -5.00. The second-order valence-electron chi connectivity index (χ2n) is 23.3. The first-order chi connectivity index (χ1) is 46.6. The van der Waals surface area contributed by atoms with Crippen molar-refractivity contribution < 1.29 is 0 Å². The van der Waals surface area contributed by atoms with E-state index in [-0.39, 0.29) is 0 Å². The van der Waals surface area contributed by atoms with E-state index in [1.807, 2.05) is 12.1 Å². The summed E-state index contributed by atoms with van der Waals surface area (Å²) >= 11 is 0. The van der Waals surface area contributed by atoms with Gasteiger partial charge in [0.05, 0.1) is 44.1 Å². The Hall–Kier alpha value is -11.9. The Bertz CT molecular complexity index is 5440. The van der Waals surface area contributed by atoms with Crippen molar-refractivity contribution in [3.05, 3.63) is 346 Å². The minimum absolute atomic E-state index is 0.404. The molecule has 0 aliphatic rings. The number of aromatic nitrogens is 9. The minimum atomic E-state index is -2.50. The smallest absolute Gasteiger partial charge is 0.242 e. The van der Waals surface area contributed by atoms with E-state index in [1.54, 1.807) is 0 Å². The third kappa shape index (κ3) is 8.70. The summed E-state index contributed by atoms with van der Waals surface area (Å²) in [4.78, 5) is 37.6. The summed E-state index contributed by atoms with van der Waals surface area (Å²) in [5.41, 5.74) is 12.8. The Morgan fingerprint density at radius 3 is 0.883 bits per heavy atom. The average molecular weight is 1240 g/mol. The van der Waals surface area contributed by atoms with E-state index in [0.29, 0.717) is 29.3 Å². The molecule has 13 aromatic carbocycles. The van der Waals surface area contributed by atoms with Gasteiger partial charge in [-0.25, -0.2) is 19.1 Å². The highest BCUT2D eigenvalue weighted by molar-refractivity contribution is 8.34. The van der Waals surface area contributed by atoms with Crippen LogP contribution < -0.4 is 0 Å². The number of imidazole rings is 4. The van der Waals surface area contributed by atoms with Crippen LogP contribution in [0.4, 0.5) is 0 Å². The molecule has 0 saturated carbocycles. The molecule has 0 radical (unpaired) electrons. The lowest BCUT2D eigenvalue weighted by molar-refractivity contribution is 0.877. The molecule has 0 spiro atoms. The summed E-state index contributed by atoms with van der Waals surface area (Å²) < 4.78 is 8.66. The average Bonchev–Trinajstić information content (AvgIpc) is 1.12. The maximum absolute atomic E-state index is 5.89. The van der Waals surface area contributed by atoms with E-state index in [1.165, 1.54) is 29.4 Å². The molecular weight excluding hydrogens is 1190 g/mol. The highest BCUT2D eigenvalue weighted by Crippen LogP contribution is 2.78. The van der Waals surface area contributed by atoms with Gasteiger partial charge in [0.2, 0.25) is 23.5 Å². The van der Waals surface area contributed by atoms with Crippen LogP contribution in [0, 0.1) is 0 Å². The van der Waals surface area contributed by atoms with Crippen LogP contribution in [0.2, 0.25) is 0 Å². The highest BCUT2D eigenvalue weighted by Gasteiger charge is 2.40. The van der Waals surface area contributed by atoms with Crippen LogP contribution >= 0.6 is 20.1 Å². The molecule has 0 fully saturated rings. The highest BCUT2D eigenvalue weighted by atomic mass is 32.3. The lowest BCUT2D eigenvalue weighted by atomic mass is 10.1. The van der Waals surface area contributed by atoms with Gasteiger partial charge in [0.25, 0.3) is 0 Å². The second kappa shape index (κ2) is 22.5. The molecule has 0 amide bonds. The molecule has 0 atom stereocenters. The monoisotopic (exact) mass is 1240 g/mol. The van der Waals surface area contributed by atoms with Gasteiger partial charge in [-0.1, -0.05) is 206 Å². The molecule has 94 heavy (non-hydrogen) atoms. The van der Waals surface area contributed by atoms with Crippen LogP contribution in [0.5, 0.6) is 0 Å². The fourth-order valence-electron chi connectivity index (χ4n) is 14.0. The Labute approximate surface area is 545 Å². The topological polar surface area (TPSA) is 83.1 Å². The van der Waals surface area contributed by atoms with Crippen molar-refractivity contribution in [3.8, 4) is 45.5 Å². The van der Waals surface area contributed by atoms with Gasteiger partial charge in [-0.05, 0) is 162 Å². The van der Waals surface area contributed by atoms with Crippen LogP contribution in [0.1, 0.15) is 0 Å². The van der Waals surface area contributed by atoms with E-state index < -0.39 is 20.1 Å². The molecule has 446 valence electrons. The minimum Gasteiger partial charge on any atom is -0.276 e. The predicted molar refractivity (Wildman–Crippen MR) is 382 cm³/mol. The van der Waals surface area contributed by atoms with E-state index in [0.717, 1.165) is 81.7 Å². The van der Waals surface area contributed by atoms with Crippen molar-refractivity contribution in [2.75, 3.05) is 0 Å². The quantitative estimate of drug-likeness (QED) is 0.115. The van der Waals surface area contributed by atoms with Crippen LogP contribution in [0.25, 0.3) is 101 Å². The van der Waals surface area contributed by atoms with E-state index >= 15 is 0 Å². The van der Waals surface area contributed by atoms with Crippen molar-refractivity contribution in [1.29, 1.82) is 0 Å². The first-order valence-electron chi connectivity index (χ1n) is 31.5. The van der Waals surface area contributed by atoms with Gasteiger partial charge in [0, 0.05) is 44.7 Å².